The highest BCUT2D eigenvalue weighted by molar-refractivity contribution is 5.92. The van der Waals surface area contributed by atoms with Crippen molar-refractivity contribution in [2.24, 2.45) is 0 Å². The van der Waals surface area contributed by atoms with Crippen molar-refractivity contribution in [1.82, 2.24) is 20.1 Å². The monoisotopic (exact) mass is 413 g/mol. The maximum atomic E-state index is 12.4. The number of aromatic amines is 1. The highest BCUT2D eigenvalue weighted by Gasteiger charge is 2.30. The van der Waals surface area contributed by atoms with E-state index in [9.17, 15) is 19.5 Å². The molecule has 0 radical (unpaired) electrons. The summed E-state index contributed by atoms with van der Waals surface area (Å²) in [7, 11) is 0. The summed E-state index contributed by atoms with van der Waals surface area (Å²) >= 11 is 0. The topological polar surface area (TPSA) is 120 Å². The lowest BCUT2D eigenvalue weighted by Gasteiger charge is -2.37. The van der Waals surface area contributed by atoms with Crippen LogP contribution in [-0.4, -0.2) is 51.0 Å². The Morgan fingerprint density at radius 3 is 2.77 bits per heavy atom. The fourth-order valence-corrected chi connectivity index (χ4v) is 4.41. The number of amides is 1. The minimum atomic E-state index is -0.546. The van der Waals surface area contributed by atoms with Crippen LogP contribution >= 0.6 is 0 Å². The second kappa shape index (κ2) is 8.83. The van der Waals surface area contributed by atoms with E-state index in [0.717, 1.165) is 38.6 Å². The maximum absolute atomic E-state index is 12.4. The van der Waals surface area contributed by atoms with Gasteiger partial charge in [-0.2, -0.15) is 5.10 Å². The normalized spacial score (nSPS) is 24.0. The highest BCUT2D eigenvalue weighted by atomic mass is 16.3. The zero-order valence-electron chi connectivity index (χ0n) is 16.8. The van der Waals surface area contributed by atoms with Gasteiger partial charge in [-0.05, 0) is 50.7 Å². The summed E-state index contributed by atoms with van der Waals surface area (Å²) in [5.41, 5.74) is -0.297. The van der Waals surface area contributed by atoms with Crippen LogP contribution < -0.4 is 21.3 Å². The molecular weight excluding hydrogens is 386 g/mol. The molecule has 9 nitrogen and oxygen atoms in total. The molecule has 4 rings (SSSR count). The molecule has 30 heavy (non-hydrogen) atoms. The van der Waals surface area contributed by atoms with Crippen molar-refractivity contribution in [2.75, 3.05) is 18.0 Å². The van der Waals surface area contributed by atoms with Crippen LogP contribution in [0.5, 0.6) is 0 Å². The molecule has 0 aromatic carbocycles. The number of aliphatic hydroxyl groups excluding tert-OH is 1. The van der Waals surface area contributed by atoms with Crippen molar-refractivity contribution in [3.05, 3.63) is 56.7 Å². The fourth-order valence-electron chi connectivity index (χ4n) is 4.41. The number of piperidine rings is 1. The van der Waals surface area contributed by atoms with E-state index in [0.29, 0.717) is 18.8 Å². The lowest BCUT2D eigenvalue weighted by atomic mass is 10.0. The minimum absolute atomic E-state index is 0.0325. The summed E-state index contributed by atoms with van der Waals surface area (Å²) in [5, 5.41) is 17.7. The van der Waals surface area contributed by atoms with Crippen LogP contribution in [0.3, 0.4) is 0 Å². The molecule has 0 bridgehead atoms. The predicted octanol–water partition coefficient (Wildman–Crippen LogP) is 0.806. The summed E-state index contributed by atoms with van der Waals surface area (Å²) in [5.74, 6) is 0.353. The summed E-state index contributed by atoms with van der Waals surface area (Å²) in [4.78, 5) is 40.8. The zero-order chi connectivity index (χ0) is 21.1. The first kappa shape index (κ1) is 20.3. The van der Waals surface area contributed by atoms with Crippen LogP contribution in [0.1, 0.15) is 55.1 Å². The van der Waals surface area contributed by atoms with E-state index >= 15 is 0 Å². The van der Waals surface area contributed by atoms with Crippen LogP contribution in [0.15, 0.2) is 39.9 Å². The van der Waals surface area contributed by atoms with Crippen molar-refractivity contribution in [3.8, 4) is 0 Å². The maximum Gasteiger partial charge on any atom is 0.267 e. The van der Waals surface area contributed by atoms with Crippen LogP contribution in [0, 0.1) is 0 Å². The molecule has 9 heteroatoms. The Bertz CT molecular complexity index is 1020. The Morgan fingerprint density at radius 2 is 2.00 bits per heavy atom. The molecule has 2 aromatic heterocycles. The molecule has 2 fully saturated rings. The average molecular weight is 413 g/mol. The van der Waals surface area contributed by atoms with Crippen LogP contribution in [-0.2, 0) is 0 Å². The number of hydrogen-bond acceptors (Lipinski definition) is 6. The van der Waals surface area contributed by atoms with Crippen molar-refractivity contribution < 1.29 is 9.90 Å². The van der Waals surface area contributed by atoms with Crippen LogP contribution in [0.25, 0.3) is 0 Å². The van der Waals surface area contributed by atoms with Gasteiger partial charge in [0.2, 0.25) is 5.56 Å². The SMILES string of the molecule is O=C(NCC1CCCCN1c1ccc(=O)n(C2CCCC2O)n1)c1cccc(=O)[nH]1. The molecule has 0 spiro atoms. The minimum Gasteiger partial charge on any atom is -0.391 e. The number of nitrogens with zero attached hydrogens (tertiary/aromatic N) is 3. The molecule has 2 aliphatic rings. The summed E-state index contributed by atoms with van der Waals surface area (Å²) < 4.78 is 1.42. The number of carbonyl (C=O) groups excluding carboxylic acids is 1. The number of rotatable bonds is 5. The molecule has 1 aliphatic heterocycles. The number of anilines is 1. The molecule has 3 atom stereocenters. The Kier molecular flexibility index (Phi) is 5.98. The van der Waals surface area contributed by atoms with E-state index in [1.165, 1.54) is 16.8 Å². The number of aliphatic hydroxyl groups is 1. The van der Waals surface area contributed by atoms with E-state index in [1.807, 2.05) is 0 Å². The van der Waals surface area contributed by atoms with Gasteiger partial charge < -0.3 is 20.3 Å². The first-order valence-electron chi connectivity index (χ1n) is 10.5. The molecule has 1 aliphatic carbocycles. The van der Waals surface area contributed by atoms with Crippen LogP contribution in [0.4, 0.5) is 5.82 Å². The van der Waals surface area contributed by atoms with Gasteiger partial charge in [0.05, 0.1) is 12.1 Å². The molecule has 3 unspecified atom stereocenters. The standard InChI is InChI=1S/C21H27N5O4/c27-17-8-4-7-16(17)26-20(29)11-10-18(24-26)25-12-2-1-5-14(25)13-22-21(30)15-6-3-9-19(28)23-15/h3,6,9-11,14,16-17,27H,1-2,4-5,7-8,12-13H2,(H,22,30)(H,23,28). The van der Waals surface area contributed by atoms with Crippen molar-refractivity contribution >= 4 is 11.7 Å². The van der Waals surface area contributed by atoms with Gasteiger partial charge in [-0.1, -0.05) is 6.07 Å². The number of carbonyl (C=O) groups is 1. The van der Waals surface area contributed by atoms with Crippen molar-refractivity contribution in [2.45, 2.75) is 56.7 Å². The second-order valence-electron chi connectivity index (χ2n) is 8.02. The average Bonchev–Trinajstić information content (AvgIpc) is 3.18. The molecule has 2 aromatic rings. The fraction of sp³-hybridized carbons (Fsp3) is 0.524. The number of nitrogens with one attached hydrogen (secondary N) is 2. The molecular formula is C21H27N5O4. The van der Waals surface area contributed by atoms with Gasteiger partial charge in [0, 0.05) is 31.3 Å². The van der Waals surface area contributed by atoms with Gasteiger partial charge in [0.25, 0.3) is 11.5 Å². The van der Waals surface area contributed by atoms with Gasteiger partial charge in [0.15, 0.2) is 0 Å². The molecule has 1 amide bonds. The Hall–Kier alpha value is -2.94. The zero-order valence-corrected chi connectivity index (χ0v) is 16.8. The predicted molar refractivity (Wildman–Crippen MR) is 112 cm³/mol. The third-order valence-electron chi connectivity index (χ3n) is 6.00. The van der Waals surface area contributed by atoms with E-state index in [1.54, 1.807) is 18.2 Å². The van der Waals surface area contributed by atoms with Gasteiger partial charge in [0.1, 0.15) is 11.5 Å². The summed E-state index contributed by atoms with van der Waals surface area (Å²) in [6.07, 6.45) is 4.69. The third-order valence-corrected chi connectivity index (χ3v) is 6.00. The Balaban J connectivity index is 1.50. The Labute approximate surface area is 173 Å². The van der Waals surface area contributed by atoms with Crippen molar-refractivity contribution in [3.63, 3.8) is 0 Å². The van der Waals surface area contributed by atoms with Gasteiger partial charge in [-0.15, -0.1) is 0 Å². The first-order chi connectivity index (χ1) is 14.5. The third kappa shape index (κ3) is 4.30. The number of hydrogen-bond donors (Lipinski definition) is 3. The summed E-state index contributed by atoms with van der Waals surface area (Å²) in [6.45, 7) is 1.18. The smallest absolute Gasteiger partial charge is 0.267 e. The molecule has 1 saturated heterocycles. The van der Waals surface area contributed by atoms with E-state index in [-0.39, 0.29) is 34.8 Å². The lowest BCUT2D eigenvalue weighted by Crippen LogP contribution is -2.48. The van der Waals surface area contributed by atoms with Gasteiger partial charge in [-0.25, -0.2) is 4.68 Å². The van der Waals surface area contributed by atoms with Crippen LogP contribution in [0.2, 0.25) is 0 Å². The number of pyridine rings is 1. The van der Waals surface area contributed by atoms with E-state index in [2.05, 4.69) is 20.3 Å². The molecule has 3 heterocycles. The van der Waals surface area contributed by atoms with E-state index < -0.39 is 6.10 Å². The highest BCUT2D eigenvalue weighted by Crippen LogP contribution is 2.29. The van der Waals surface area contributed by atoms with E-state index in [4.69, 9.17) is 0 Å². The Morgan fingerprint density at radius 1 is 1.13 bits per heavy atom. The largest absolute Gasteiger partial charge is 0.391 e. The number of H-pyrrole nitrogens is 1. The van der Waals surface area contributed by atoms with Crippen molar-refractivity contribution in [1.29, 1.82) is 0 Å². The summed E-state index contributed by atoms with van der Waals surface area (Å²) in [6, 6.07) is 7.45. The van der Waals surface area contributed by atoms with Gasteiger partial charge in [-0.3, -0.25) is 14.4 Å². The first-order valence-corrected chi connectivity index (χ1v) is 10.5. The second-order valence-corrected chi connectivity index (χ2v) is 8.02. The number of aromatic nitrogens is 3. The molecule has 1 saturated carbocycles. The molecule has 3 N–H and O–H groups in total. The van der Waals surface area contributed by atoms with Gasteiger partial charge >= 0.3 is 0 Å². The lowest BCUT2D eigenvalue weighted by molar-refractivity contribution is 0.0944. The molecule has 160 valence electrons. The quantitative estimate of drug-likeness (QED) is 0.667.